The van der Waals surface area contributed by atoms with Crippen molar-refractivity contribution in [2.24, 2.45) is 10.2 Å². The third-order valence-corrected chi connectivity index (χ3v) is 3.21. The van der Waals surface area contributed by atoms with Gasteiger partial charge in [0.2, 0.25) is 0 Å². The summed E-state index contributed by atoms with van der Waals surface area (Å²) >= 11 is 0. The second kappa shape index (κ2) is 5.61. The molecule has 0 heterocycles. The Hall–Kier alpha value is -3.28. The predicted octanol–water partition coefficient (Wildman–Crippen LogP) is 4.87. The third-order valence-electron chi connectivity index (χ3n) is 3.21. The van der Waals surface area contributed by atoms with Gasteiger partial charge in [-0.3, -0.25) is 10.1 Å². The highest BCUT2D eigenvalue weighted by atomic mass is 16.6. The van der Waals surface area contributed by atoms with Crippen LogP contribution in [0, 0.1) is 10.1 Å². The lowest BCUT2D eigenvalue weighted by molar-refractivity contribution is -0.384. The average molecular weight is 293 g/mol. The van der Waals surface area contributed by atoms with E-state index in [1.807, 2.05) is 18.2 Å². The van der Waals surface area contributed by atoms with Crippen molar-refractivity contribution in [3.05, 3.63) is 70.8 Å². The maximum Gasteiger partial charge on any atom is 0.269 e. The summed E-state index contributed by atoms with van der Waals surface area (Å²) in [5, 5.41) is 30.1. The Morgan fingerprint density at radius 2 is 1.55 bits per heavy atom. The van der Waals surface area contributed by atoms with Crippen LogP contribution in [0.15, 0.2) is 70.9 Å². The van der Waals surface area contributed by atoms with Crippen LogP contribution in [0.2, 0.25) is 0 Å². The molecule has 0 bridgehead atoms. The van der Waals surface area contributed by atoms with Crippen molar-refractivity contribution in [1.29, 1.82) is 0 Å². The van der Waals surface area contributed by atoms with Crippen LogP contribution < -0.4 is 0 Å². The van der Waals surface area contributed by atoms with Gasteiger partial charge in [-0.1, -0.05) is 24.3 Å². The van der Waals surface area contributed by atoms with Crippen LogP contribution in [0.25, 0.3) is 10.8 Å². The molecule has 0 saturated carbocycles. The number of non-ortho nitro benzene ring substituents is 1. The zero-order valence-electron chi connectivity index (χ0n) is 11.4. The predicted molar refractivity (Wildman–Crippen MR) is 82.9 cm³/mol. The first-order chi connectivity index (χ1) is 10.6. The fraction of sp³-hybridized carbons (Fsp3) is 0. The Labute approximate surface area is 125 Å². The summed E-state index contributed by atoms with van der Waals surface area (Å²) in [4.78, 5) is 10.1. The van der Waals surface area contributed by atoms with E-state index < -0.39 is 4.92 Å². The minimum atomic E-state index is -0.464. The zero-order valence-corrected chi connectivity index (χ0v) is 11.4. The molecule has 22 heavy (non-hydrogen) atoms. The summed E-state index contributed by atoms with van der Waals surface area (Å²) in [5.74, 6) is 0.185. The maximum absolute atomic E-state index is 10.6. The van der Waals surface area contributed by atoms with Gasteiger partial charge in [-0.2, -0.15) is 5.11 Å². The van der Waals surface area contributed by atoms with Crippen molar-refractivity contribution in [3.8, 4) is 5.75 Å². The third kappa shape index (κ3) is 2.62. The highest BCUT2D eigenvalue weighted by molar-refractivity contribution is 5.96. The van der Waals surface area contributed by atoms with E-state index >= 15 is 0 Å². The first-order valence-corrected chi connectivity index (χ1v) is 6.52. The number of benzene rings is 3. The number of phenols is 1. The minimum absolute atomic E-state index is 0.00836. The fourth-order valence-corrected chi connectivity index (χ4v) is 2.11. The van der Waals surface area contributed by atoms with Gasteiger partial charge in [0.05, 0.1) is 16.3 Å². The van der Waals surface area contributed by atoms with Gasteiger partial charge in [0.25, 0.3) is 5.69 Å². The van der Waals surface area contributed by atoms with Crippen molar-refractivity contribution in [2.45, 2.75) is 0 Å². The monoisotopic (exact) mass is 293 g/mol. The minimum Gasteiger partial charge on any atom is -0.507 e. The molecule has 1 N–H and O–H groups in total. The molecule has 0 amide bonds. The summed E-state index contributed by atoms with van der Waals surface area (Å²) in [6, 6.07) is 16.4. The number of nitro groups is 1. The van der Waals surface area contributed by atoms with Crippen LogP contribution in [0.5, 0.6) is 5.75 Å². The van der Waals surface area contributed by atoms with Crippen molar-refractivity contribution in [2.75, 3.05) is 0 Å². The maximum atomic E-state index is 10.6. The highest BCUT2D eigenvalue weighted by Crippen LogP contribution is 2.33. The number of fused-ring (bicyclic) bond motifs is 1. The topological polar surface area (TPSA) is 88.1 Å². The van der Waals surface area contributed by atoms with Gasteiger partial charge in [0, 0.05) is 22.9 Å². The Balaban J connectivity index is 1.96. The summed E-state index contributed by atoms with van der Waals surface area (Å²) in [6.07, 6.45) is 0. The van der Waals surface area contributed by atoms with Crippen molar-refractivity contribution in [1.82, 2.24) is 0 Å². The van der Waals surface area contributed by atoms with E-state index in [9.17, 15) is 15.2 Å². The van der Waals surface area contributed by atoms with Crippen molar-refractivity contribution >= 4 is 27.8 Å². The molecular weight excluding hydrogens is 282 g/mol. The number of hydrogen-bond acceptors (Lipinski definition) is 5. The number of nitro benzene ring substituents is 1. The zero-order chi connectivity index (χ0) is 15.5. The molecule has 0 aliphatic heterocycles. The van der Waals surface area contributed by atoms with Gasteiger partial charge in [-0.15, -0.1) is 5.11 Å². The molecule has 6 nitrogen and oxygen atoms in total. The molecule has 0 spiro atoms. The van der Waals surface area contributed by atoms with E-state index in [0.29, 0.717) is 16.8 Å². The molecule has 0 aliphatic rings. The molecule has 0 fully saturated rings. The molecule has 0 radical (unpaired) electrons. The lowest BCUT2D eigenvalue weighted by atomic mass is 10.1. The molecule has 3 rings (SSSR count). The first-order valence-electron chi connectivity index (χ1n) is 6.52. The van der Waals surface area contributed by atoms with E-state index in [1.165, 1.54) is 24.3 Å². The van der Waals surface area contributed by atoms with Crippen LogP contribution in [0.1, 0.15) is 0 Å². The van der Waals surface area contributed by atoms with E-state index in [2.05, 4.69) is 10.2 Å². The van der Waals surface area contributed by atoms with Crippen LogP contribution in [0.3, 0.4) is 0 Å². The Morgan fingerprint density at radius 3 is 2.23 bits per heavy atom. The van der Waals surface area contributed by atoms with Crippen LogP contribution in [-0.2, 0) is 0 Å². The van der Waals surface area contributed by atoms with Crippen molar-refractivity contribution < 1.29 is 10.0 Å². The van der Waals surface area contributed by atoms with Gasteiger partial charge < -0.3 is 5.11 Å². The summed E-state index contributed by atoms with van der Waals surface area (Å²) in [6.45, 7) is 0. The molecule has 0 aromatic heterocycles. The lowest BCUT2D eigenvalue weighted by Gasteiger charge is -2.03. The quantitative estimate of drug-likeness (QED) is 0.424. The van der Waals surface area contributed by atoms with Crippen LogP contribution in [0.4, 0.5) is 17.1 Å². The smallest absolute Gasteiger partial charge is 0.269 e. The molecule has 108 valence electrons. The first kappa shape index (κ1) is 13.7. The van der Waals surface area contributed by atoms with E-state index in [0.717, 1.165) is 5.39 Å². The highest BCUT2D eigenvalue weighted by Gasteiger charge is 2.05. The van der Waals surface area contributed by atoms with Gasteiger partial charge in [-0.05, 0) is 24.3 Å². The lowest BCUT2D eigenvalue weighted by Crippen LogP contribution is -1.85. The number of azo groups is 1. The molecule has 6 heteroatoms. The van der Waals surface area contributed by atoms with Crippen LogP contribution >= 0.6 is 0 Å². The SMILES string of the molecule is O=[N+]([O-])c1ccc(N=Nc2ccc(O)c3ccccc23)cc1. The number of aromatic hydroxyl groups is 1. The number of rotatable bonds is 3. The summed E-state index contributed by atoms with van der Waals surface area (Å²) < 4.78 is 0. The Morgan fingerprint density at radius 1 is 0.864 bits per heavy atom. The number of nitrogens with zero attached hydrogens (tertiary/aromatic N) is 3. The van der Waals surface area contributed by atoms with Gasteiger partial charge in [0.1, 0.15) is 5.75 Å². The average Bonchev–Trinajstić information content (AvgIpc) is 2.55. The second-order valence-electron chi connectivity index (χ2n) is 4.62. The Bertz CT molecular complexity index is 873. The normalized spacial score (nSPS) is 11.1. The molecule has 0 atom stereocenters. The molecule has 3 aromatic carbocycles. The largest absolute Gasteiger partial charge is 0.507 e. The summed E-state index contributed by atoms with van der Waals surface area (Å²) in [5.41, 5.74) is 1.14. The second-order valence-corrected chi connectivity index (χ2v) is 4.62. The van der Waals surface area contributed by atoms with Gasteiger partial charge in [-0.25, -0.2) is 0 Å². The molecule has 3 aromatic rings. The van der Waals surface area contributed by atoms with Gasteiger partial charge >= 0.3 is 0 Å². The molecule has 0 unspecified atom stereocenters. The number of hydrogen-bond donors (Lipinski definition) is 1. The molecule has 0 saturated heterocycles. The fourth-order valence-electron chi connectivity index (χ4n) is 2.11. The molecular formula is C16H11N3O3. The standard InChI is InChI=1S/C16H11N3O3/c20-16-10-9-15(13-3-1-2-4-14(13)16)18-17-11-5-7-12(8-6-11)19(21)22/h1-10,20H. The summed E-state index contributed by atoms with van der Waals surface area (Å²) in [7, 11) is 0. The molecule has 0 aliphatic carbocycles. The van der Waals surface area contributed by atoms with E-state index in [4.69, 9.17) is 0 Å². The van der Waals surface area contributed by atoms with E-state index in [1.54, 1.807) is 18.2 Å². The number of phenolic OH excluding ortho intramolecular Hbond substituents is 1. The van der Waals surface area contributed by atoms with Crippen molar-refractivity contribution in [3.63, 3.8) is 0 Å². The van der Waals surface area contributed by atoms with Gasteiger partial charge in [0.15, 0.2) is 0 Å². The Kier molecular flexibility index (Phi) is 3.49. The van der Waals surface area contributed by atoms with Crippen LogP contribution in [-0.4, -0.2) is 10.0 Å². The van der Waals surface area contributed by atoms with E-state index in [-0.39, 0.29) is 11.4 Å².